The van der Waals surface area contributed by atoms with Crippen molar-refractivity contribution in [2.24, 2.45) is 5.92 Å². The van der Waals surface area contributed by atoms with Gasteiger partial charge in [0, 0.05) is 11.6 Å². The zero-order chi connectivity index (χ0) is 12.4. The van der Waals surface area contributed by atoms with Gasteiger partial charge >= 0.3 is 6.09 Å². The molecular weight excluding hydrogens is 240 g/mol. The van der Waals surface area contributed by atoms with Crippen LogP contribution in [-0.4, -0.2) is 19.2 Å². The standard InChI is InChI=1S/C12H11ClN2O2/c1-8-10(13)3-2-4-11(8)15-6-9(5-14)7-17-12(15)16/h2-4,9H,6-7H2,1H3. The van der Waals surface area contributed by atoms with Crippen LogP contribution >= 0.6 is 11.6 Å². The number of nitrogens with zero attached hydrogens (tertiary/aromatic N) is 2. The van der Waals surface area contributed by atoms with Crippen molar-refractivity contribution in [1.29, 1.82) is 5.26 Å². The van der Waals surface area contributed by atoms with Crippen LogP contribution in [0.5, 0.6) is 0 Å². The maximum Gasteiger partial charge on any atom is 0.414 e. The van der Waals surface area contributed by atoms with E-state index in [9.17, 15) is 4.79 Å². The summed E-state index contributed by atoms with van der Waals surface area (Å²) < 4.78 is 4.96. The molecule has 88 valence electrons. The van der Waals surface area contributed by atoms with Crippen LogP contribution in [0.4, 0.5) is 10.5 Å². The molecule has 5 heteroatoms. The van der Waals surface area contributed by atoms with Gasteiger partial charge in [0.1, 0.15) is 6.61 Å². The summed E-state index contributed by atoms with van der Waals surface area (Å²) in [4.78, 5) is 13.1. The third-order valence-corrected chi connectivity index (χ3v) is 3.15. The number of carbonyl (C=O) groups excluding carboxylic acids is 1. The molecule has 4 nitrogen and oxygen atoms in total. The van der Waals surface area contributed by atoms with E-state index in [-0.39, 0.29) is 12.5 Å². The number of hydrogen-bond acceptors (Lipinski definition) is 3. The quantitative estimate of drug-likeness (QED) is 0.770. The Hall–Kier alpha value is -1.73. The zero-order valence-electron chi connectivity index (χ0n) is 9.31. The highest BCUT2D eigenvalue weighted by Gasteiger charge is 2.29. The minimum atomic E-state index is -0.429. The molecule has 1 amide bonds. The van der Waals surface area contributed by atoms with Crippen LogP contribution in [0, 0.1) is 24.2 Å². The number of hydrogen-bond donors (Lipinski definition) is 0. The zero-order valence-corrected chi connectivity index (χ0v) is 10.1. The van der Waals surface area contributed by atoms with E-state index in [1.807, 2.05) is 6.92 Å². The lowest BCUT2D eigenvalue weighted by atomic mass is 10.1. The van der Waals surface area contributed by atoms with Gasteiger partial charge in [-0.2, -0.15) is 5.26 Å². The van der Waals surface area contributed by atoms with E-state index in [0.29, 0.717) is 17.3 Å². The van der Waals surface area contributed by atoms with Crippen molar-refractivity contribution < 1.29 is 9.53 Å². The number of benzene rings is 1. The van der Waals surface area contributed by atoms with Crippen LogP contribution in [-0.2, 0) is 4.74 Å². The summed E-state index contributed by atoms with van der Waals surface area (Å²) in [5.41, 5.74) is 1.51. The molecule has 2 rings (SSSR count). The Labute approximate surface area is 104 Å². The van der Waals surface area contributed by atoms with Crippen LogP contribution < -0.4 is 4.90 Å². The SMILES string of the molecule is Cc1c(Cl)cccc1N1CC(C#N)COC1=O. The van der Waals surface area contributed by atoms with E-state index in [0.717, 1.165) is 5.56 Å². The summed E-state index contributed by atoms with van der Waals surface area (Å²) in [5, 5.41) is 9.46. The Balaban J connectivity index is 2.35. The van der Waals surface area contributed by atoms with E-state index in [1.54, 1.807) is 18.2 Å². The largest absolute Gasteiger partial charge is 0.448 e. The molecule has 1 aromatic carbocycles. The Bertz CT molecular complexity index is 496. The van der Waals surface area contributed by atoms with Gasteiger partial charge in [-0.15, -0.1) is 0 Å². The molecule has 0 bridgehead atoms. The molecule has 17 heavy (non-hydrogen) atoms. The second-order valence-electron chi connectivity index (χ2n) is 3.90. The van der Waals surface area contributed by atoms with Crippen molar-refractivity contribution in [1.82, 2.24) is 0 Å². The molecule has 1 aliphatic heterocycles. The van der Waals surface area contributed by atoms with Gasteiger partial charge < -0.3 is 4.74 Å². The average molecular weight is 251 g/mol. The maximum absolute atomic E-state index is 11.7. The number of carbonyl (C=O) groups is 1. The predicted octanol–water partition coefficient (Wildman–Crippen LogP) is 2.74. The molecule has 1 atom stereocenters. The fraction of sp³-hybridized carbons (Fsp3) is 0.333. The van der Waals surface area contributed by atoms with Gasteiger partial charge in [0.25, 0.3) is 0 Å². The van der Waals surface area contributed by atoms with Crippen molar-refractivity contribution in [3.63, 3.8) is 0 Å². The van der Waals surface area contributed by atoms with E-state index in [1.165, 1.54) is 4.90 Å². The van der Waals surface area contributed by atoms with Crippen LogP contribution in [0.25, 0.3) is 0 Å². The lowest BCUT2D eigenvalue weighted by Crippen LogP contribution is -2.43. The fourth-order valence-corrected chi connectivity index (χ4v) is 1.93. The molecule has 1 unspecified atom stereocenters. The van der Waals surface area contributed by atoms with Gasteiger partial charge in [0.05, 0.1) is 17.7 Å². The first kappa shape index (κ1) is 11.7. The Kier molecular flexibility index (Phi) is 3.21. The van der Waals surface area contributed by atoms with Gasteiger partial charge in [0.2, 0.25) is 0 Å². The monoisotopic (exact) mass is 250 g/mol. The first-order valence-electron chi connectivity index (χ1n) is 5.22. The summed E-state index contributed by atoms with van der Waals surface area (Å²) >= 11 is 6.01. The van der Waals surface area contributed by atoms with Crippen molar-refractivity contribution >= 4 is 23.4 Å². The third-order valence-electron chi connectivity index (χ3n) is 2.74. The van der Waals surface area contributed by atoms with Crippen LogP contribution in [0.3, 0.4) is 0 Å². The number of cyclic esters (lactones) is 1. The summed E-state index contributed by atoms with van der Waals surface area (Å²) in [6.07, 6.45) is -0.429. The van der Waals surface area contributed by atoms with Gasteiger partial charge in [-0.05, 0) is 24.6 Å². The van der Waals surface area contributed by atoms with E-state index >= 15 is 0 Å². The molecule has 0 aliphatic carbocycles. The number of ether oxygens (including phenoxy) is 1. The first-order valence-corrected chi connectivity index (χ1v) is 5.60. The number of halogens is 1. The lowest BCUT2D eigenvalue weighted by Gasteiger charge is -2.30. The van der Waals surface area contributed by atoms with Crippen LogP contribution in [0.2, 0.25) is 5.02 Å². The molecule has 0 spiro atoms. The molecule has 0 N–H and O–H groups in total. The predicted molar refractivity (Wildman–Crippen MR) is 64.0 cm³/mol. The molecule has 1 aromatic rings. The number of rotatable bonds is 1. The van der Waals surface area contributed by atoms with E-state index in [4.69, 9.17) is 21.6 Å². The Morgan fingerprint density at radius 1 is 1.59 bits per heavy atom. The molecule has 1 heterocycles. The highest BCUT2D eigenvalue weighted by Crippen LogP contribution is 2.29. The Morgan fingerprint density at radius 2 is 2.35 bits per heavy atom. The second-order valence-corrected chi connectivity index (χ2v) is 4.30. The molecule has 1 saturated heterocycles. The first-order chi connectivity index (χ1) is 8.13. The molecule has 1 aliphatic rings. The minimum absolute atomic E-state index is 0.158. The van der Waals surface area contributed by atoms with Gasteiger partial charge in [-0.1, -0.05) is 17.7 Å². The molecule has 0 saturated carbocycles. The normalized spacial score (nSPS) is 19.7. The van der Waals surface area contributed by atoms with E-state index in [2.05, 4.69) is 6.07 Å². The summed E-state index contributed by atoms with van der Waals surface area (Å²) in [5.74, 6) is -0.300. The second kappa shape index (κ2) is 4.64. The van der Waals surface area contributed by atoms with Crippen LogP contribution in [0.15, 0.2) is 18.2 Å². The van der Waals surface area contributed by atoms with Crippen LogP contribution in [0.1, 0.15) is 5.56 Å². The third kappa shape index (κ3) is 2.20. The van der Waals surface area contributed by atoms with E-state index < -0.39 is 6.09 Å². The summed E-state index contributed by atoms with van der Waals surface area (Å²) in [6, 6.07) is 7.43. The molecule has 0 radical (unpaired) electrons. The van der Waals surface area contributed by atoms with Gasteiger partial charge in [-0.3, -0.25) is 4.90 Å². The lowest BCUT2D eigenvalue weighted by molar-refractivity contribution is 0.127. The summed E-state index contributed by atoms with van der Waals surface area (Å²) in [7, 11) is 0. The fourth-order valence-electron chi connectivity index (χ4n) is 1.76. The highest BCUT2D eigenvalue weighted by molar-refractivity contribution is 6.31. The van der Waals surface area contributed by atoms with Gasteiger partial charge in [-0.25, -0.2) is 4.79 Å². The summed E-state index contributed by atoms with van der Waals surface area (Å²) in [6.45, 7) is 2.34. The van der Waals surface area contributed by atoms with Crippen molar-refractivity contribution in [3.05, 3.63) is 28.8 Å². The molecule has 1 fully saturated rings. The number of nitriles is 1. The van der Waals surface area contributed by atoms with Crippen molar-refractivity contribution in [2.45, 2.75) is 6.92 Å². The number of amides is 1. The average Bonchev–Trinajstić information content (AvgIpc) is 2.34. The van der Waals surface area contributed by atoms with Crippen molar-refractivity contribution in [2.75, 3.05) is 18.1 Å². The van der Waals surface area contributed by atoms with Crippen molar-refractivity contribution in [3.8, 4) is 6.07 Å². The Morgan fingerprint density at radius 3 is 3.06 bits per heavy atom. The van der Waals surface area contributed by atoms with Gasteiger partial charge in [0.15, 0.2) is 0 Å². The molecular formula is C12H11ClN2O2. The smallest absolute Gasteiger partial charge is 0.414 e. The minimum Gasteiger partial charge on any atom is -0.448 e. The maximum atomic E-state index is 11.7. The highest BCUT2D eigenvalue weighted by atomic mass is 35.5. The topological polar surface area (TPSA) is 53.3 Å². The number of anilines is 1. The molecule has 0 aromatic heterocycles.